The Kier molecular flexibility index (Phi) is 6.43. The van der Waals surface area contributed by atoms with Crippen LogP contribution in [0.15, 0.2) is 23.2 Å². The monoisotopic (exact) mass is 258 g/mol. The molecule has 0 amide bonds. The smallest absolute Gasteiger partial charge is 0.164 e. The predicted octanol–water partition coefficient (Wildman–Crippen LogP) is 1.52. The summed E-state index contributed by atoms with van der Waals surface area (Å²) >= 11 is 0. The van der Waals surface area contributed by atoms with Crippen molar-refractivity contribution in [3.05, 3.63) is 18.2 Å². The van der Waals surface area contributed by atoms with Gasteiger partial charge in [-0.2, -0.15) is 0 Å². The number of nitrogens with one attached hydrogen (secondary N) is 1. The van der Waals surface area contributed by atoms with Gasteiger partial charge in [-0.1, -0.05) is 11.8 Å². The number of rotatable bonds is 7. The summed E-state index contributed by atoms with van der Waals surface area (Å²) in [5.41, 5.74) is 3.14. The van der Waals surface area contributed by atoms with Crippen LogP contribution in [0.2, 0.25) is 0 Å². The third-order valence-electron chi connectivity index (χ3n) is 1.93. The van der Waals surface area contributed by atoms with Crippen molar-refractivity contribution in [1.29, 1.82) is 0 Å². The third-order valence-corrected chi connectivity index (χ3v) is 1.93. The van der Waals surface area contributed by atoms with Crippen LogP contribution in [-0.4, -0.2) is 26.7 Å². The van der Waals surface area contributed by atoms with Crippen molar-refractivity contribution < 1.29 is 14.3 Å². The molecule has 19 heavy (non-hydrogen) atoms. The highest BCUT2D eigenvalue weighted by molar-refractivity contribution is 5.62. The van der Waals surface area contributed by atoms with Gasteiger partial charge in [-0.3, -0.25) is 10.3 Å². The summed E-state index contributed by atoms with van der Waals surface area (Å²) in [6.07, 6.45) is 11.7. The van der Waals surface area contributed by atoms with Crippen LogP contribution < -0.4 is 15.0 Å². The van der Waals surface area contributed by atoms with Crippen LogP contribution >= 0.6 is 0 Å². The largest absolute Gasteiger partial charge is 0.477 e. The Hall–Kier alpha value is -2.63. The Morgan fingerprint density at radius 3 is 2.53 bits per heavy atom. The standard InChI is InChI=1S/C14H14N2O3/c1-4-8-18-13-7-6-12(15-11-16-17-3)10-14(13)19-9-5-2/h1-2,6-7,10-11H,8-9H2,3H3,(H,15,16). The highest BCUT2D eigenvalue weighted by Gasteiger charge is 2.05. The summed E-state index contributed by atoms with van der Waals surface area (Å²) < 4.78 is 10.7. The third kappa shape index (κ3) is 5.03. The summed E-state index contributed by atoms with van der Waals surface area (Å²) in [7, 11) is 1.49. The van der Waals surface area contributed by atoms with E-state index in [2.05, 4.69) is 27.2 Å². The average Bonchev–Trinajstić information content (AvgIpc) is 2.44. The van der Waals surface area contributed by atoms with E-state index in [9.17, 15) is 0 Å². The van der Waals surface area contributed by atoms with E-state index < -0.39 is 0 Å². The first-order chi connectivity index (χ1) is 9.31. The number of hydroxylamine groups is 1. The molecule has 5 heteroatoms. The van der Waals surface area contributed by atoms with Crippen LogP contribution in [0.4, 0.5) is 5.69 Å². The van der Waals surface area contributed by atoms with Gasteiger partial charge in [0, 0.05) is 6.07 Å². The molecule has 0 aliphatic heterocycles. The fourth-order valence-corrected chi connectivity index (χ4v) is 1.20. The Balaban J connectivity index is 2.88. The van der Waals surface area contributed by atoms with Gasteiger partial charge >= 0.3 is 0 Å². The van der Waals surface area contributed by atoms with Gasteiger partial charge in [0.1, 0.15) is 19.6 Å². The summed E-state index contributed by atoms with van der Waals surface area (Å²) in [4.78, 5) is 8.73. The molecule has 0 spiro atoms. The zero-order chi connectivity index (χ0) is 13.9. The van der Waals surface area contributed by atoms with Crippen LogP contribution in [0.5, 0.6) is 11.5 Å². The zero-order valence-electron chi connectivity index (χ0n) is 10.6. The maximum Gasteiger partial charge on any atom is 0.164 e. The first-order valence-electron chi connectivity index (χ1n) is 5.39. The van der Waals surface area contributed by atoms with Crippen molar-refractivity contribution >= 4 is 12.0 Å². The molecule has 5 nitrogen and oxygen atoms in total. The fourth-order valence-electron chi connectivity index (χ4n) is 1.20. The van der Waals surface area contributed by atoms with E-state index in [1.807, 2.05) is 0 Å². The molecule has 0 atom stereocenters. The second-order valence-electron chi connectivity index (χ2n) is 3.20. The first-order valence-corrected chi connectivity index (χ1v) is 5.39. The molecule has 98 valence electrons. The minimum absolute atomic E-state index is 0.135. The molecule has 0 saturated heterocycles. The van der Waals surface area contributed by atoms with E-state index in [0.29, 0.717) is 17.2 Å². The van der Waals surface area contributed by atoms with Gasteiger partial charge in [-0.25, -0.2) is 4.99 Å². The van der Waals surface area contributed by atoms with Crippen molar-refractivity contribution in [2.75, 3.05) is 20.3 Å². The molecule has 0 radical (unpaired) electrons. The molecule has 0 saturated carbocycles. The summed E-state index contributed by atoms with van der Waals surface area (Å²) in [5.74, 6) is 5.77. The van der Waals surface area contributed by atoms with Gasteiger partial charge in [0.05, 0.1) is 12.8 Å². The van der Waals surface area contributed by atoms with Crippen molar-refractivity contribution in [3.63, 3.8) is 0 Å². The predicted molar refractivity (Wildman–Crippen MR) is 73.4 cm³/mol. The number of hydrogen-bond acceptors (Lipinski definition) is 4. The molecule has 0 bridgehead atoms. The number of nitrogens with zero attached hydrogens (tertiary/aromatic N) is 1. The summed E-state index contributed by atoms with van der Waals surface area (Å²) in [5, 5.41) is 0. The van der Waals surface area contributed by atoms with Crippen molar-refractivity contribution in [3.8, 4) is 36.2 Å². The molecule has 0 fully saturated rings. The second kappa shape index (κ2) is 8.46. The number of ether oxygens (including phenoxy) is 2. The molecule has 1 aromatic rings. The Morgan fingerprint density at radius 1 is 1.21 bits per heavy atom. The Morgan fingerprint density at radius 2 is 1.89 bits per heavy atom. The highest BCUT2D eigenvalue weighted by Crippen LogP contribution is 2.31. The van der Waals surface area contributed by atoms with Crippen molar-refractivity contribution in [2.24, 2.45) is 4.99 Å². The van der Waals surface area contributed by atoms with Gasteiger partial charge in [0.15, 0.2) is 11.5 Å². The number of benzene rings is 1. The van der Waals surface area contributed by atoms with Crippen LogP contribution in [-0.2, 0) is 4.84 Å². The molecule has 0 aromatic heterocycles. The summed E-state index contributed by atoms with van der Waals surface area (Å²) in [6, 6.07) is 5.15. The quantitative estimate of drug-likeness (QED) is 0.349. The van der Waals surface area contributed by atoms with Gasteiger partial charge in [0.25, 0.3) is 0 Å². The molecule has 0 heterocycles. The minimum atomic E-state index is 0.135. The highest BCUT2D eigenvalue weighted by atomic mass is 16.6. The normalized spacial score (nSPS) is 9.63. The lowest BCUT2D eigenvalue weighted by Crippen LogP contribution is -2.07. The Labute approximate surface area is 112 Å². The van der Waals surface area contributed by atoms with Crippen LogP contribution in [0, 0.1) is 24.7 Å². The zero-order valence-corrected chi connectivity index (χ0v) is 10.6. The van der Waals surface area contributed by atoms with Crippen molar-refractivity contribution in [1.82, 2.24) is 5.48 Å². The van der Waals surface area contributed by atoms with E-state index >= 15 is 0 Å². The van der Waals surface area contributed by atoms with E-state index in [1.54, 1.807) is 18.2 Å². The lowest BCUT2D eigenvalue weighted by molar-refractivity contribution is 0.148. The maximum atomic E-state index is 5.38. The fraction of sp³-hybridized carbons (Fsp3) is 0.214. The van der Waals surface area contributed by atoms with E-state index in [4.69, 9.17) is 22.3 Å². The average molecular weight is 258 g/mol. The molecule has 0 aliphatic carbocycles. The van der Waals surface area contributed by atoms with Crippen LogP contribution in [0.1, 0.15) is 0 Å². The van der Waals surface area contributed by atoms with Crippen molar-refractivity contribution in [2.45, 2.75) is 0 Å². The minimum Gasteiger partial charge on any atom is -0.477 e. The molecule has 1 rings (SSSR count). The lowest BCUT2D eigenvalue weighted by Gasteiger charge is -2.10. The lowest BCUT2D eigenvalue weighted by atomic mass is 10.3. The number of terminal acetylenes is 2. The Bertz CT molecular complexity index is 512. The van der Waals surface area contributed by atoms with Gasteiger partial charge < -0.3 is 9.47 Å². The van der Waals surface area contributed by atoms with Gasteiger partial charge in [0.2, 0.25) is 0 Å². The molecule has 0 unspecified atom stereocenters. The maximum absolute atomic E-state index is 5.38. The van der Waals surface area contributed by atoms with Gasteiger partial charge in [-0.05, 0) is 12.1 Å². The van der Waals surface area contributed by atoms with E-state index in [1.165, 1.54) is 13.4 Å². The number of hydrogen-bond donors (Lipinski definition) is 1. The first kappa shape index (κ1) is 14.4. The number of aliphatic imine (C=N–C) groups is 1. The van der Waals surface area contributed by atoms with E-state index in [0.717, 1.165) is 0 Å². The molecular weight excluding hydrogens is 244 g/mol. The molecule has 0 aliphatic rings. The summed E-state index contributed by atoms with van der Waals surface area (Å²) in [6.45, 7) is 0.288. The SMILES string of the molecule is C#CCOc1ccc(N=CNOC)cc1OCC#C. The van der Waals surface area contributed by atoms with Crippen LogP contribution in [0.25, 0.3) is 0 Å². The van der Waals surface area contributed by atoms with Crippen LogP contribution in [0.3, 0.4) is 0 Å². The second-order valence-corrected chi connectivity index (χ2v) is 3.20. The van der Waals surface area contributed by atoms with E-state index in [-0.39, 0.29) is 13.2 Å². The molecular formula is C14H14N2O3. The molecule has 1 N–H and O–H groups in total. The topological polar surface area (TPSA) is 52.1 Å². The van der Waals surface area contributed by atoms with Gasteiger partial charge in [-0.15, -0.1) is 12.8 Å². The molecule has 1 aromatic carbocycles.